The lowest BCUT2D eigenvalue weighted by atomic mass is 10.1. The summed E-state index contributed by atoms with van der Waals surface area (Å²) in [6.07, 6.45) is -4.59. The zero-order valence-corrected chi connectivity index (χ0v) is 8.61. The molecule has 0 radical (unpaired) electrons. The number of nitrogens with one attached hydrogen (secondary N) is 2. The zero-order valence-electron chi connectivity index (χ0n) is 8.61. The van der Waals surface area contributed by atoms with Gasteiger partial charge in [-0.15, -0.1) is 0 Å². The van der Waals surface area contributed by atoms with Crippen molar-refractivity contribution < 1.29 is 22.8 Å². The highest BCUT2D eigenvalue weighted by atomic mass is 19.4. The van der Waals surface area contributed by atoms with Crippen LogP contribution in [-0.2, 0) is 9.59 Å². The molecule has 0 fully saturated rings. The predicted octanol–water partition coefficient (Wildman–Crippen LogP) is 0.578. The van der Waals surface area contributed by atoms with Gasteiger partial charge in [0.15, 0.2) is 0 Å². The molecule has 0 aliphatic rings. The van der Waals surface area contributed by atoms with Crippen molar-refractivity contribution in [3.05, 3.63) is 0 Å². The highest BCUT2D eigenvalue weighted by molar-refractivity contribution is 5.75. The van der Waals surface area contributed by atoms with Gasteiger partial charge in [-0.3, -0.25) is 9.59 Å². The standard InChI is InChI=1S/C8H13F3N2O2/c1-4(12-5(2)14)7(8(9,10)11)13-6(3)15/h4,7H,1-3H3,(H,12,14)(H,13,15). The van der Waals surface area contributed by atoms with Crippen LogP contribution >= 0.6 is 0 Å². The number of alkyl halides is 3. The van der Waals surface area contributed by atoms with Gasteiger partial charge in [-0.1, -0.05) is 0 Å². The van der Waals surface area contributed by atoms with Crippen LogP contribution in [0.4, 0.5) is 13.2 Å². The van der Waals surface area contributed by atoms with Gasteiger partial charge in [-0.05, 0) is 6.92 Å². The zero-order chi connectivity index (χ0) is 12.2. The number of halogens is 3. The molecule has 0 aromatic carbocycles. The van der Waals surface area contributed by atoms with Crippen LogP contribution in [0.3, 0.4) is 0 Å². The van der Waals surface area contributed by atoms with Gasteiger partial charge in [0, 0.05) is 13.8 Å². The molecule has 2 N–H and O–H groups in total. The fourth-order valence-corrected chi connectivity index (χ4v) is 1.11. The summed E-state index contributed by atoms with van der Waals surface area (Å²) >= 11 is 0. The Kier molecular flexibility index (Phi) is 4.57. The van der Waals surface area contributed by atoms with Crippen LogP contribution in [0.15, 0.2) is 0 Å². The number of carbonyl (C=O) groups is 2. The van der Waals surface area contributed by atoms with E-state index in [9.17, 15) is 22.8 Å². The van der Waals surface area contributed by atoms with E-state index in [-0.39, 0.29) is 0 Å². The first kappa shape index (κ1) is 13.7. The first-order chi connectivity index (χ1) is 6.64. The maximum atomic E-state index is 12.4. The highest BCUT2D eigenvalue weighted by Crippen LogP contribution is 2.22. The van der Waals surface area contributed by atoms with E-state index in [1.54, 1.807) is 5.32 Å². The first-order valence-electron chi connectivity index (χ1n) is 4.25. The van der Waals surface area contributed by atoms with Gasteiger partial charge >= 0.3 is 6.18 Å². The quantitative estimate of drug-likeness (QED) is 0.739. The first-order valence-corrected chi connectivity index (χ1v) is 4.25. The van der Waals surface area contributed by atoms with E-state index in [0.717, 1.165) is 13.8 Å². The molecule has 4 nitrogen and oxygen atoms in total. The molecule has 0 aliphatic heterocycles. The lowest BCUT2D eigenvalue weighted by Gasteiger charge is -2.27. The molecule has 0 saturated heterocycles. The van der Waals surface area contributed by atoms with Gasteiger partial charge in [-0.25, -0.2) is 0 Å². The van der Waals surface area contributed by atoms with Crippen molar-refractivity contribution in [2.24, 2.45) is 0 Å². The Balaban J connectivity index is 4.62. The minimum atomic E-state index is -4.59. The summed E-state index contributed by atoms with van der Waals surface area (Å²) < 4.78 is 37.2. The van der Waals surface area contributed by atoms with Crippen molar-refractivity contribution in [1.82, 2.24) is 10.6 Å². The van der Waals surface area contributed by atoms with Gasteiger partial charge < -0.3 is 10.6 Å². The monoisotopic (exact) mass is 226 g/mol. The third-order valence-electron chi connectivity index (χ3n) is 1.64. The molecule has 0 spiro atoms. The number of hydrogen-bond donors (Lipinski definition) is 2. The summed E-state index contributed by atoms with van der Waals surface area (Å²) in [5.41, 5.74) is 0. The Bertz CT molecular complexity index is 253. The maximum Gasteiger partial charge on any atom is 0.410 e. The average molecular weight is 226 g/mol. The van der Waals surface area contributed by atoms with Crippen molar-refractivity contribution >= 4 is 11.8 Å². The third-order valence-corrected chi connectivity index (χ3v) is 1.64. The van der Waals surface area contributed by atoms with Crippen LogP contribution in [-0.4, -0.2) is 30.1 Å². The second-order valence-electron chi connectivity index (χ2n) is 3.21. The van der Waals surface area contributed by atoms with Crippen molar-refractivity contribution in [3.8, 4) is 0 Å². The Morgan fingerprint density at radius 1 is 1.07 bits per heavy atom. The molecule has 2 atom stereocenters. The fourth-order valence-electron chi connectivity index (χ4n) is 1.11. The van der Waals surface area contributed by atoms with Crippen LogP contribution in [0, 0.1) is 0 Å². The van der Waals surface area contributed by atoms with Crippen LogP contribution < -0.4 is 10.6 Å². The Morgan fingerprint density at radius 2 is 1.47 bits per heavy atom. The lowest BCUT2D eigenvalue weighted by Crippen LogP contribution is -2.56. The fraction of sp³-hybridized carbons (Fsp3) is 0.750. The van der Waals surface area contributed by atoms with E-state index in [1.165, 1.54) is 6.92 Å². The van der Waals surface area contributed by atoms with Crippen molar-refractivity contribution in [3.63, 3.8) is 0 Å². The maximum absolute atomic E-state index is 12.4. The van der Waals surface area contributed by atoms with Crippen LogP contribution in [0.5, 0.6) is 0 Å². The topological polar surface area (TPSA) is 58.2 Å². The molecule has 0 heterocycles. The molecular weight excluding hydrogens is 213 g/mol. The summed E-state index contributed by atoms with van der Waals surface area (Å²) in [6, 6.07) is -3.27. The van der Waals surface area contributed by atoms with Crippen LogP contribution in [0.2, 0.25) is 0 Å². The molecule has 0 bridgehead atoms. The summed E-state index contributed by atoms with van der Waals surface area (Å²) in [5.74, 6) is -1.38. The van der Waals surface area contributed by atoms with Crippen LogP contribution in [0.25, 0.3) is 0 Å². The summed E-state index contributed by atoms with van der Waals surface area (Å²) in [6.45, 7) is 3.27. The van der Waals surface area contributed by atoms with E-state index in [4.69, 9.17) is 0 Å². The SMILES string of the molecule is CC(=O)NC(C)C(NC(C)=O)C(F)(F)F. The lowest BCUT2D eigenvalue weighted by molar-refractivity contribution is -0.166. The molecule has 0 aromatic rings. The van der Waals surface area contributed by atoms with Gasteiger partial charge in [0.2, 0.25) is 11.8 Å². The van der Waals surface area contributed by atoms with Gasteiger partial charge in [0.1, 0.15) is 6.04 Å². The number of hydrogen-bond acceptors (Lipinski definition) is 2. The van der Waals surface area contributed by atoms with E-state index in [0.29, 0.717) is 0 Å². The number of rotatable bonds is 3. The molecule has 88 valence electrons. The Morgan fingerprint density at radius 3 is 1.73 bits per heavy atom. The van der Waals surface area contributed by atoms with Gasteiger partial charge in [0.05, 0.1) is 6.04 Å². The smallest absolute Gasteiger partial charge is 0.351 e. The van der Waals surface area contributed by atoms with Crippen molar-refractivity contribution in [2.75, 3.05) is 0 Å². The molecule has 0 aromatic heterocycles. The second kappa shape index (κ2) is 4.99. The Labute approximate surface area is 85.2 Å². The largest absolute Gasteiger partial charge is 0.410 e. The Hall–Kier alpha value is -1.27. The molecule has 0 saturated carbocycles. The van der Waals surface area contributed by atoms with E-state index >= 15 is 0 Å². The van der Waals surface area contributed by atoms with E-state index in [1.807, 2.05) is 0 Å². The third kappa shape index (κ3) is 5.24. The van der Waals surface area contributed by atoms with E-state index in [2.05, 4.69) is 5.32 Å². The van der Waals surface area contributed by atoms with Gasteiger partial charge in [-0.2, -0.15) is 13.2 Å². The molecule has 7 heteroatoms. The van der Waals surface area contributed by atoms with Crippen molar-refractivity contribution in [1.29, 1.82) is 0 Å². The number of amides is 2. The molecular formula is C8H13F3N2O2. The number of carbonyl (C=O) groups excluding carboxylic acids is 2. The minimum absolute atomic E-state index is 0.581. The van der Waals surface area contributed by atoms with Crippen molar-refractivity contribution in [2.45, 2.75) is 39.0 Å². The molecule has 0 rings (SSSR count). The minimum Gasteiger partial charge on any atom is -0.351 e. The molecule has 15 heavy (non-hydrogen) atoms. The highest BCUT2D eigenvalue weighted by Gasteiger charge is 2.44. The van der Waals surface area contributed by atoms with Gasteiger partial charge in [0.25, 0.3) is 0 Å². The summed E-state index contributed by atoms with van der Waals surface area (Å²) in [7, 11) is 0. The second-order valence-corrected chi connectivity index (χ2v) is 3.21. The average Bonchev–Trinajstić information content (AvgIpc) is 1.95. The summed E-state index contributed by atoms with van der Waals surface area (Å²) in [5, 5.41) is 3.83. The molecule has 2 amide bonds. The normalized spacial score (nSPS) is 15.3. The predicted molar refractivity (Wildman–Crippen MR) is 46.9 cm³/mol. The van der Waals surface area contributed by atoms with Crippen LogP contribution in [0.1, 0.15) is 20.8 Å². The van der Waals surface area contributed by atoms with E-state index < -0.39 is 30.1 Å². The molecule has 2 unspecified atom stereocenters. The molecule has 0 aliphatic carbocycles. The summed E-state index contributed by atoms with van der Waals surface area (Å²) in [4.78, 5) is 21.1.